The van der Waals surface area contributed by atoms with Crippen LogP contribution >= 0.6 is 0 Å². The van der Waals surface area contributed by atoms with Gasteiger partial charge in [-0.05, 0) is 23.6 Å². The maximum Gasteiger partial charge on any atom is 0.191 e. The molecule has 0 radical (unpaired) electrons. The van der Waals surface area contributed by atoms with Crippen molar-refractivity contribution in [2.75, 3.05) is 6.61 Å². The molecule has 1 aliphatic heterocycles. The van der Waals surface area contributed by atoms with Crippen LogP contribution in [-0.2, 0) is 15.1 Å². The molecule has 120 valence electrons. The maximum absolute atomic E-state index is 6.67. The summed E-state index contributed by atoms with van der Waals surface area (Å²) in [5.74, 6) is -0.554. The first-order valence-corrected chi connectivity index (χ1v) is 8.24. The van der Waals surface area contributed by atoms with Crippen LogP contribution in [0.5, 0.6) is 0 Å². The fourth-order valence-corrected chi connectivity index (χ4v) is 3.18. The third-order valence-electron chi connectivity index (χ3n) is 4.46. The summed E-state index contributed by atoms with van der Waals surface area (Å²) in [5.41, 5.74) is 2.59. The number of hydrogen-bond acceptors (Lipinski definition) is 2. The van der Waals surface area contributed by atoms with Crippen molar-refractivity contribution >= 4 is 0 Å². The minimum atomic E-state index is -0.699. The summed E-state index contributed by atoms with van der Waals surface area (Å²) in [5, 5.41) is 0. The summed E-state index contributed by atoms with van der Waals surface area (Å²) in [7, 11) is 0. The van der Waals surface area contributed by atoms with Gasteiger partial charge in [0.15, 0.2) is 5.79 Å². The molecule has 2 heteroatoms. The summed E-state index contributed by atoms with van der Waals surface area (Å²) in [4.78, 5) is 0. The van der Waals surface area contributed by atoms with E-state index in [2.05, 4.69) is 72.8 Å². The van der Waals surface area contributed by atoms with Gasteiger partial charge in [0.25, 0.3) is 0 Å². The monoisotopic (exact) mass is 316 g/mol. The predicted octanol–water partition coefficient (Wildman–Crippen LogP) is 4.74. The number of hydrogen-bond donors (Lipinski definition) is 0. The van der Waals surface area contributed by atoms with E-state index < -0.39 is 11.4 Å². The molecule has 1 heterocycles. The second-order valence-corrected chi connectivity index (χ2v) is 6.30. The van der Waals surface area contributed by atoms with Crippen molar-refractivity contribution in [2.24, 2.45) is 0 Å². The Kier molecular flexibility index (Phi) is 3.72. The lowest BCUT2D eigenvalue weighted by molar-refractivity contribution is -0.108. The van der Waals surface area contributed by atoms with Gasteiger partial charge in [-0.2, -0.15) is 0 Å². The lowest BCUT2D eigenvalue weighted by atomic mass is 9.80. The molecular weight excluding hydrogens is 296 g/mol. The Morgan fingerprint density at radius 2 is 1.04 bits per heavy atom. The van der Waals surface area contributed by atoms with Gasteiger partial charge in [0.1, 0.15) is 12.2 Å². The summed E-state index contributed by atoms with van der Waals surface area (Å²) in [6.45, 7) is 2.61. The van der Waals surface area contributed by atoms with Crippen molar-refractivity contribution in [1.82, 2.24) is 0 Å². The molecule has 0 aromatic heterocycles. The van der Waals surface area contributed by atoms with E-state index in [4.69, 9.17) is 9.47 Å². The Hall–Kier alpha value is -2.42. The Labute approximate surface area is 142 Å². The van der Waals surface area contributed by atoms with Gasteiger partial charge < -0.3 is 9.47 Å². The average Bonchev–Trinajstić information content (AvgIpc) is 3.39. The highest BCUT2D eigenvalue weighted by atomic mass is 16.8. The van der Waals surface area contributed by atoms with Crippen molar-refractivity contribution < 1.29 is 9.47 Å². The fraction of sp³-hybridized carbons (Fsp3) is 0.182. The van der Waals surface area contributed by atoms with Crippen LogP contribution in [-0.4, -0.2) is 12.4 Å². The Balaban J connectivity index is 1.99. The Morgan fingerprint density at radius 1 is 0.708 bits per heavy atom. The summed E-state index contributed by atoms with van der Waals surface area (Å²) >= 11 is 0. The van der Waals surface area contributed by atoms with Crippen LogP contribution < -0.4 is 0 Å². The van der Waals surface area contributed by atoms with Gasteiger partial charge in [-0.15, -0.1) is 0 Å². The summed E-state index contributed by atoms with van der Waals surface area (Å²) < 4.78 is 12.3. The highest BCUT2D eigenvalue weighted by Gasteiger charge is 2.50. The molecule has 4 rings (SSSR count). The van der Waals surface area contributed by atoms with Crippen LogP contribution in [0.25, 0.3) is 0 Å². The minimum Gasteiger partial charge on any atom is -0.342 e. The van der Waals surface area contributed by atoms with Gasteiger partial charge in [0.2, 0.25) is 0 Å². The van der Waals surface area contributed by atoms with Crippen molar-refractivity contribution in [1.29, 1.82) is 0 Å². The zero-order valence-electron chi connectivity index (χ0n) is 13.7. The van der Waals surface area contributed by atoms with Gasteiger partial charge >= 0.3 is 0 Å². The zero-order valence-corrected chi connectivity index (χ0v) is 13.7. The van der Waals surface area contributed by atoms with E-state index in [-0.39, 0.29) is 0 Å². The second-order valence-electron chi connectivity index (χ2n) is 6.30. The summed E-state index contributed by atoms with van der Waals surface area (Å²) in [6.07, 6.45) is 0. The third kappa shape index (κ3) is 2.64. The van der Waals surface area contributed by atoms with Crippen molar-refractivity contribution in [3.05, 3.63) is 108 Å². The second kappa shape index (κ2) is 5.90. The van der Waals surface area contributed by atoms with Crippen LogP contribution in [0.15, 0.2) is 91.0 Å². The van der Waals surface area contributed by atoms with Crippen LogP contribution in [0.1, 0.15) is 23.6 Å². The maximum atomic E-state index is 6.67. The number of ether oxygens (including phenoxy) is 2. The minimum absolute atomic E-state index is 0.554. The number of epoxide rings is 1. The molecule has 24 heavy (non-hydrogen) atoms. The van der Waals surface area contributed by atoms with E-state index >= 15 is 0 Å². The quantitative estimate of drug-likeness (QED) is 0.501. The van der Waals surface area contributed by atoms with Gasteiger partial charge in [0.05, 0.1) is 0 Å². The van der Waals surface area contributed by atoms with E-state index in [1.165, 1.54) is 0 Å². The predicted molar refractivity (Wildman–Crippen MR) is 94.7 cm³/mol. The molecular formula is C22H20O2. The molecule has 3 aromatic rings. The molecule has 0 N–H and O–H groups in total. The van der Waals surface area contributed by atoms with Gasteiger partial charge in [-0.25, -0.2) is 0 Å². The van der Waals surface area contributed by atoms with Crippen LogP contribution in [0.2, 0.25) is 0 Å². The van der Waals surface area contributed by atoms with Gasteiger partial charge in [-0.1, -0.05) is 91.0 Å². The Morgan fingerprint density at radius 3 is 1.33 bits per heavy atom. The molecule has 1 atom stereocenters. The molecule has 1 fully saturated rings. The zero-order chi connectivity index (χ0) is 16.5. The van der Waals surface area contributed by atoms with Crippen molar-refractivity contribution in [2.45, 2.75) is 18.3 Å². The number of rotatable bonds is 5. The molecule has 0 bridgehead atoms. The Bertz CT molecular complexity index is 696. The molecule has 1 saturated heterocycles. The average molecular weight is 316 g/mol. The largest absolute Gasteiger partial charge is 0.342 e. The SMILES string of the molecule is C[C@]1(OC(c2ccccc2)(c2ccccc2)c2ccccc2)CO1. The molecule has 1 aliphatic rings. The fourth-order valence-electron chi connectivity index (χ4n) is 3.18. The van der Waals surface area contributed by atoms with E-state index in [9.17, 15) is 0 Å². The first kappa shape index (κ1) is 15.1. The van der Waals surface area contributed by atoms with E-state index in [0.717, 1.165) is 16.7 Å². The molecule has 0 aliphatic carbocycles. The first-order chi connectivity index (χ1) is 11.7. The third-order valence-corrected chi connectivity index (χ3v) is 4.46. The lowest BCUT2D eigenvalue weighted by Crippen LogP contribution is -2.37. The van der Waals surface area contributed by atoms with Crippen molar-refractivity contribution in [3.63, 3.8) is 0 Å². The van der Waals surface area contributed by atoms with E-state index in [1.807, 2.05) is 25.1 Å². The molecule has 2 nitrogen and oxygen atoms in total. The van der Waals surface area contributed by atoms with Crippen LogP contribution in [0.3, 0.4) is 0 Å². The van der Waals surface area contributed by atoms with E-state index in [1.54, 1.807) is 0 Å². The lowest BCUT2D eigenvalue weighted by Gasteiger charge is -2.37. The molecule has 0 saturated carbocycles. The molecule has 0 spiro atoms. The molecule has 3 aromatic carbocycles. The van der Waals surface area contributed by atoms with E-state index in [0.29, 0.717) is 6.61 Å². The van der Waals surface area contributed by atoms with Gasteiger partial charge in [-0.3, -0.25) is 0 Å². The van der Waals surface area contributed by atoms with Gasteiger partial charge in [0, 0.05) is 0 Å². The van der Waals surface area contributed by atoms with Crippen LogP contribution in [0.4, 0.5) is 0 Å². The molecule has 0 amide bonds. The smallest absolute Gasteiger partial charge is 0.191 e. The van der Waals surface area contributed by atoms with Crippen LogP contribution in [0, 0.1) is 0 Å². The highest BCUT2D eigenvalue weighted by Crippen LogP contribution is 2.46. The molecule has 0 unspecified atom stereocenters. The normalized spacial score (nSPS) is 19.9. The topological polar surface area (TPSA) is 21.8 Å². The van der Waals surface area contributed by atoms with Crippen molar-refractivity contribution in [3.8, 4) is 0 Å². The number of benzene rings is 3. The highest BCUT2D eigenvalue weighted by molar-refractivity contribution is 5.47. The first-order valence-electron chi connectivity index (χ1n) is 8.24. The standard InChI is InChI=1S/C22H20O2/c1-21(17-23-21)24-22(18-11-5-2-6-12-18,19-13-7-3-8-14-19)20-15-9-4-10-16-20/h2-16H,17H2,1H3/t21-/m0/s1. The summed E-state index contributed by atoms with van der Waals surface area (Å²) in [6, 6.07) is 31.1.